The number of nitrogens with one attached hydrogen (secondary N) is 1. The van der Waals surface area contributed by atoms with Crippen LogP contribution in [-0.2, 0) is 11.3 Å². The molecular weight excluding hydrogens is 182 g/mol. The van der Waals surface area contributed by atoms with E-state index in [2.05, 4.69) is 20.0 Å². The van der Waals surface area contributed by atoms with E-state index < -0.39 is 0 Å². The van der Waals surface area contributed by atoms with Gasteiger partial charge in [-0.15, -0.1) is 0 Å². The first-order valence-electron chi connectivity index (χ1n) is 4.90. The van der Waals surface area contributed by atoms with Crippen molar-refractivity contribution in [1.82, 2.24) is 15.5 Å². The standard InChI is InChI=1S/C9H15N3O2/c1-10-4-7-2-8(3-7)13-5-9-11-6-14-12-9/h6-8,10H,2-5H2,1H3. The molecule has 0 aromatic carbocycles. The summed E-state index contributed by atoms with van der Waals surface area (Å²) < 4.78 is 10.2. The molecule has 0 saturated heterocycles. The van der Waals surface area contributed by atoms with Crippen LogP contribution in [-0.4, -0.2) is 29.8 Å². The van der Waals surface area contributed by atoms with Crippen molar-refractivity contribution in [2.45, 2.75) is 25.6 Å². The lowest BCUT2D eigenvalue weighted by atomic mass is 9.82. The van der Waals surface area contributed by atoms with Gasteiger partial charge in [0.2, 0.25) is 6.39 Å². The Hall–Kier alpha value is -0.940. The molecule has 5 heteroatoms. The van der Waals surface area contributed by atoms with E-state index >= 15 is 0 Å². The lowest BCUT2D eigenvalue weighted by molar-refractivity contribution is -0.0419. The van der Waals surface area contributed by atoms with E-state index in [0.717, 1.165) is 25.3 Å². The molecule has 1 saturated carbocycles. The van der Waals surface area contributed by atoms with Gasteiger partial charge < -0.3 is 14.6 Å². The first kappa shape index (κ1) is 9.61. The molecule has 5 nitrogen and oxygen atoms in total. The quantitative estimate of drug-likeness (QED) is 0.748. The highest BCUT2D eigenvalue weighted by molar-refractivity contribution is 4.82. The smallest absolute Gasteiger partial charge is 0.213 e. The molecule has 78 valence electrons. The number of hydrogen-bond donors (Lipinski definition) is 1. The molecule has 1 N–H and O–H groups in total. The average molecular weight is 197 g/mol. The maximum atomic E-state index is 5.59. The van der Waals surface area contributed by atoms with Gasteiger partial charge in [0.25, 0.3) is 0 Å². The van der Waals surface area contributed by atoms with Crippen LogP contribution in [0, 0.1) is 5.92 Å². The average Bonchev–Trinajstić information content (AvgIpc) is 2.61. The van der Waals surface area contributed by atoms with Crippen molar-refractivity contribution < 1.29 is 9.26 Å². The Bertz CT molecular complexity index is 257. The zero-order valence-corrected chi connectivity index (χ0v) is 8.27. The Morgan fingerprint density at radius 2 is 2.50 bits per heavy atom. The van der Waals surface area contributed by atoms with E-state index in [-0.39, 0.29) is 0 Å². The van der Waals surface area contributed by atoms with Gasteiger partial charge in [-0.25, -0.2) is 0 Å². The Balaban J connectivity index is 1.61. The molecule has 2 rings (SSSR count). The van der Waals surface area contributed by atoms with Crippen LogP contribution in [0.2, 0.25) is 0 Å². The zero-order chi connectivity index (χ0) is 9.80. The van der Waals surface area contributed by atoms with Crippen molar-refractivity contribution in [2.24, 2.45) is 5.92 Å². The minimum atomic E-state index is 0.381. The third-order valence-corrected chi connectivity index (χ3v) is 2.54. The lowest BCUT2D eigenvalue weighted by Crippen LogP contribution is -2.36. The summed E-state index contributed by atoms with van der Waals surface area (Å²) in [7, 11) is 1.98. The normalized spacial score (nSPS) is 26.1. The summed E-state index contributed by atoms with van der Waals surface area (Å²) in [5, 5.41) is 6.84. The Morgan fingerprint density at radius 3 is 3.14 bits per heavy atom. The molecule has 0 unspecified atom stereocenters. The summed E-state index contributed by atoms with van der Waals surface area (Å²) in [6, 6.07) is 0. The molecule has 1 aromatic rings. The van der Waals surface area contributed by atoms with Gasteiger partial charge in [0.05, 0.1) is 6.10 Å². The van der Waals surface area contributed by atoms with Crippen LogP contribution < -0.4 is 5.32 Å². The minimum Gasteiger partial charge on any atom is -0.370 e. The SMILES string of the molecule is CNCC1CC(OCc2ncon2)C1. The highest BCUT2D eigenvalue weighted by Crippen LogP contribution is 2.29. The van der Waals surface area contributed by atoms with Gasteiger partial charge in [-0.3, -0.25) is 0 Å². The molecular formula is C9H15N3O2. The van der Waals surface area contributed by atoms with Crippen LogP contribution in [0.25, 0.3) is 0 Å². The van der Waals surface area contributed by atoms with Crippen LogP contribution in [0.3, 0.4) is 0 Å². The highest BCUT2D eigenvalue weighted by Gasteiger charge is 2.29. The topological polar surface area (TPSA) is 60.2 Å². The van der Waals surface area contributed by atoms with Crippen molar-refractivity contribution >= 4 is 0 Å². The highest BCUT2D eigenvalue weighted by atomic mass is 16.5. The third kappa shape index (κ3) is 2.30. The van der Waals surface area contributed by atoms with E-state index in [1.165, 1.54) is 6.39 Å². The van der Waals surface area contributed by atoms with E-state index in [9.17, 15) is 0 Å². The van der Waals surface area contributed by atoms with Crippen molar-refractivity contribution in [3.8, 4) is 0 Å². The number of rotatable bonds is 5. The minimum absolute atomic E-state index is 0.381. The second-order valence-corrected chi connectivity index (χ2v) is 3.68. The number of nitrogens with zero attached hydrogens (tertiary/aromatic N) is 2. The fourth-order valence-corrected chi connectivity index (χ4v) is 1.71. The summed E-state index contributed by atoms with van der Waals surface area (Å²) in [6.45, 7) is 1.55. The summed E-state index contributed by atoms with van der Waals surface area (Å²) in [4.78, 5) is 3.89. The second kappa shape index (κ2) is 4.52. The van der Waals surface area contributed by atoms with Crippen LogP contribution in [0.15, 0.2) is 10.9 Å². The molecule has 1 aliphatic carbocycles. The summed E-state index contributed by atoms with van der Waals surface area (Å²) >= 11 is 0. The van der Waals surface area contributed by atoms with Gasteiger partial charge in [-0.05, 0) is 32.4 Å². The fraction of sp³-hybridized carbons (Fsp3) is 0.778. The van der Waals surface area contributed by atoms with Crippen LogP contribution in [0.1, 0.15) is 18.7 Å². The first-order valence-corrected chi connectivity index (χ1v) is 4.90. The van der Waals surface area contributed by atoms with E-state index in [0.29, 0.717) is 18.5 Å². The molecule has 0 radical (unpaired) electrons. The van der Waals surface area contributed by atoms with Gasteiger partial charge in [0.1, 0.15) is 6.61 Å². The van der Waals surface area contributed by atoms with Crippen molar-refractivity contribution in [1.29, 1.82) is 0 Å². The van der Waals surface area contributed by atoms with Gasteiger partial charge in [-0.2, -0.15) is 4.98 Å². The fourth-order valence-electron chi connectivity index (χ4n) is 1.71. The first-order chi connectivity index (χ1) is 6.88. The number of ether oxygens (including phenoxy) is 1. The Labute approximate surface area is 82.8 Å². The van der Waals surface area contributed by atoms with Gasteiger partial charge in [0.15, 0.2) is 5.82 Å². The molecule has 0 aliphatic heterocycles. The van der Waals surface area contributed by atoms with Crippen LogP contribution in [0.4, 0.5) is 0 Å². The van der Waals surface area contributed by atoms with Crippen LogP contribution >= 0.6 is 0 Å². The predicted octanol–water partition coefficient (Wildman–Crippen LogP) is 0.584. The molecule has 0 spiro atoms. The summed E-state index contributed by atoms with van der Waals surface area (Å²) in [5.41, 5.74) is 0. The molecule has 1 heterocycles. The third-order valence-electron chi connectivity index (χ3n) is 2.54. The molecule has 14 heavy (non-hydrogen) atoms. The summed E-state index contributed by atoms with van der Waals surface area (Å²) in [6.07, 6.45) is 3.98. The molecule has 0 amide bonds. The van der Waals surface area contributed by atoms with Crippen molar-refractivity contribution in [2.75, 3.05) is 13.6 Å². The van der Waals surface area contributed by atoms with Crippen LogP contribution in [0.5, 0.6) is 0 Å². The maximum absolute atomic E-state index is 5.59. The van der Waals surface area contributed by atoms with Crippen molar-refractivity contribution in [3.05, 3.63) is 12.2 Å². The van der Waals surface area contributed by atoms with E-state index in [4.69, 9.17) is 4.74 Å². The van der Waals surface area contributed by atoms with Crippen molar-refractivity contribution in [3.63, 3.8) is 0 Å². The number of hydrogen-bond acceptors (Lipinski definition) is 5. The maximum Gasteiger partial charge on any atom is 0.213 e. The van der Waals surface area contributed by atoms with Gasteiger partial charge >= 0.3 is 0 Å². The predicted molar refractivity (Wildman–Crippen MR) is 49.5 cm³/mol. The lowest BCUT2D eigenvalue weighted by Gasteiger charge is -2.34. The molecule has 1 fully saturated rings. The molecule has 0 bridgehead atoms. The largest absolute Gasteiger partial charge is 0.370 e. The molecule has 0 atom stereocenters. The molecule has 1 aromatic heterocycles. The monoisotopic (exact) mass is 197 g/mol. The van der Waals surface area contributed by atoms with Gasteiger partial charge in [-0.1, -0.05) is 5.16 Å². The van der Waals surface area contributed by atoms with E-state index in [1.807, 2.05) is 7.05 Å². The van der Waals surface area contributed by atoms with Gasteiger partial charge in [0, 0.05) is 0 Å². The Morgan fingerprint density at radius 1 is 1.64 bits per heavy atom. The number of aromatic nitrogens is 2. The van der Waals surface area contributed by atoms with E-state index in [1.54, 1.807) is 0 Å². The summed E-state index contributed by atoms with van der Waals surface area (Å²) in [5.74, 6) is 1.40. The zero-order valence-electron chi connectivity index (χ0n) is 8.27. The second-order valence-electron chi connectivity index (χ2n) is 3.68. The molecule has 1 aliphatic rings. The Kier molecular flexibility index (Phi) is 3.10.